The first-order valence-electron chi connectivity index (χ1n) is 6.27. The van der Waals surface area contributed by atoms with E-state index in [2.05, 4.69) is 19.8 Å². The maximum atomic E-state index is 8.83. The third kappa shape index (κ3) is 3.57. The van der Waals surface area contributed by atoms with Crippen LogP contribution < -0.4 is 4.90 Å². The minimum absolute atomic E-state index is 0.279. The van der Waals surface area contributed by atoms with Gasteiger partial charge in [0.2, 0.25) is 0 Å². The number of nitrogens with zero attached hydrogens (tertiary/aromatic N) is 4. The summed E-state index contributed by atoms with van der Waals surface area (Å²) >= 11 is 1.62. The lowest BCUT2D eigenvalue weighted by Crippen LogP contribution is -2.47. The molecule has 0 aromatic carbocycles. The largest absolute Gasteiger partial charge is 0.396 e. The van der Waals surface area contributed by atoms with Crippen LogP contribution in [-0.2, 0) is 0 Å². The zero-order chi connectivity index (χ0) is 12.8. The third-order valence-corrected chi connectivity index (χ3v) is 3.75. The van der Waals surface area contributed by atoms with Gasteiger partial charge in [-0.25, -0.2) is 4.98 Å². The minimum Gasteiger partial charge on any atom is -0.396 e. The van der Waals surface area contributed by atoms with E-state index in [-0.39, 0.29) is 6.61 Å². The summed E-state index contributed by atoms with van der Waals surface area (Å²) in [5, 5.41) is 9.79. The highest BCUT2D eigenvalue weighted by molar-refractivity contribution is 7.98. The lowest BCUT2D eigenvalue weighted by Gasteiger charge is -2.35. The summed E-state index contributed by atoms with van der Waals surface area (Å²) in [6.07, 6.45) is 6.51. The predicted molar refractivity (Wildman–Crippen MR) is 74.2 cm³/mol. The molecule has 2 heterocycles. The Morgan fingerprint density at radius 2 is 2.06 bits per heavy atom. The van der Waals surface area contributed by atoms with Crippen molar-refractivity contribution in [3.8, 4) is 0 Å². The third-order valence-electron chi connectivity index (χ3n) is 3.14. The van der Waals surface area contributed by atoms with E-state index in [1.54, 1.807) is 18.0 Å². The molecule has 18 heavy (non-hydrogen) atoms. The molecule has 0 amide bonds. The molecule has 1 aliphatic heterocycles. The van der Waals surface area contributed by atoms with E-state index in [0.29, 0.717) is 0 Å². The molecule has 100 valence electrons. The molecular formula is C12H20N4OS. The van der Waals surface area contributed by atoms with Gasteiger partial charge < -0.3 is 10.0 Å². The highest BCUT2D eigenvalue weighted by atomic mass is 32.2. The van der Waals surface area contributed by atoms with Gasteiger partial charge in [0.15, 0.2) is 0 Å². The summed E-state index contributed by atoms with van der Waals surface area (Å²) in [5.74, 6) is 0.976. The van der Waals surface area contributed by atoms with Crippen LogP contribution in [0.15, 0.2) is 17.4 Å². The Morgan fingerprint density at radius 3 is 2.72 bits per heavy atom. The standard InChI is InChI=1S/C12H20N4OS/c1-18-12-10-13-9-11(14-12)16-6-4-15(5-7-16)3-2-8-17/h9-10,17H,2-8H2,1H3. The number of aliphatic hydroxyl groups excluding tert-OH is 1. The Hall–Kier alpha value is -0.850. The van der Waals surface area contributed by atoms with Crippen molar-refractivity contribution in [3.05, 3.63) is 12.4 Å². The minimum atomic E-state index is 0.279. The molecule has 0 bridgehead atoms. The molecule has 0 aliphatic carbocycles. The molecular weight excluding hydrogens is 248 g/mol. The summed E-state index contributed by atoms with van der Waals surface area (Å²) < 4.78 is 0. The van der Waals surface area contributed by atoms with Crippen LogP contribution in [0.2, 0.25) is 0 Å². The Kier molecular flexibility index (Phi) is 5.22. The van der Waals surface area contributed by atoms with Crippen LogP contribution in [-0.4, -0.2) is 65.6 Å². The van der Waals surface area contributed by atoms with Crippen molar-refractivity contribution in [3.63, 3.8) is 0 Å². The van der Waals surface area contributed by atoms with Gasteiger partial charge in [-0.2, -0.15) is 0 Å². The molecule has 0 saturated carbocycles. The van der Waals surface area contributed by atoms with Crippen LogP contribution in [0.1, 0.15) is 6.42 Å². The lowest BCUT2D eigenvalue weighted by molar-refractivity contribution is 0.215. The number of aromatic nitrogens is 2. The topological polar surface area (TPSA) is 52.5 Å². The number of rotatable bonds is 5. The van der Waals surface area contributed by atoms with Gasteiger partial charge in [0.05, 0.1) is 12.4 Å². The van der Waals surface area contributed by atoms with E-state index < -0.39 is 0 Å². The zero-order valence-corrected chi connectivity index (χ0v) is 11.6. The lowest BCUT2D eigenvalue weighted by atomic mass is 10.3. The highest BCUT2D eigenvalue weighted by Gasteiger charge is 2.17. The summed E-state index contributed by atoms with van der Waals surface area (Å²) in [6, 6.07) is 0. The van der Waals surface area contributed by atoms with E-state index in [9.17, 15) is 0 Å². The number of piperazine rings is 1. The fraction of sp³-hybridized carbons (Fsp3) is 0.667. The number of anilines is 1. The molecule has 6 heteroatoms. The fourth-order valence-electron chi connectivity index (χ4n) is 2.08. The van der Waals surface area contributed by atoms with Crippen molar-refractivity contribution >= 4 is 17.6 Å². The van der Waals surface area contributed by atoms with Gasteiger partial charge in [-0.1, -0.05) is 0 Å². The summed E-state index contributed by atoms with van der Waals surface area (Å²) in [7, 11) is 0. The molecule has 1 aliphatic rings. The molecule has 0 spiro atoms. The molecule has 0 radical (unpaired) electrons. The van der Waals surface area contributed by atoms with E-state index in [4.69, 9.17) is 5.11 Å². The highest BCUT2D eigenvalue weighted by Crippen LogP contribution is 2.17. The van der Waals surface area contributed by atoms with Gasteiger partial charge in [-0.15, -0.1) is 11.8 Å². The van der Waals surface area contributed by atoms with Gasteiger partial charge >= 0.3 is 0 Å². The molecule has 2 rings (SSSR count). The van der Waals surface area contributed by atoms with E-state index in [0.717, 1.165) is 50.0 Å². The smallest absolute Gasteiger partial charge is 0.148 e. The predicted octanol–water partition coefficient (Wildman–Crippen LogP) is 0.703. The van der Waals surface area contributed by atoms with Gasteiger partial charge in [0.1, 0.15) is 10.8 Å². The zero-order valence-electron chi connectivity index (χ0n) is 10.7. The first-order valence-corrected chi connectivity index (χ1v) is 7.50. The van der Waals surface area contributed by atoms with Crippen molar-refractivity contribution in [2.24, 2.45) is 0 Å². The maximum absolute atomic E-state index is 8.83. The van der Waals surface area contributed by atoms with Gasteiger partial charge in [-0.3, -0.25) is 9.88 Å². The number of hydrogen-bond donors (Lipinski definition) is 1. The normalized spacial score (nSPS) is 17.1. The van der Waals surface area contributed by atoms with Gasteiger partial charge in [0, 0.05) is 39.3 Å². The van der Waals surface area contributed by atoms with Crippen LogP contribution in [0.25, 0.3) is 0 Å². The molecule has 1 aromatic rings. The van der Waals surface area contributed by atoms with Crippen molar-refractivity contribution in [1.29, 1.82) is 0 Å². The van der Waals surface area contributed by atoms with E-state index in [1.807, 2.05) is 12.5 Å². The fourth-order valence-corrected chi connectivity index (χ4v) is 2.44. The van der Waals surface area contributed by atoms with Crippen molar-refractivity contribution in [2.45, 2.75) is 11.4 Å². The van der Waals surface area contributed by atoms with Gasteiger partial charge in [-0.05, 0) is 12.7 Å². The Bertz CT molecular complexity index is 369. The van der Waals surface area contributed by atoms with Crippen molar-refractivity contribution < 1.29 is 5.11 Å². The molecule has 0 atom stereocenters. The van der Waals surface area contributed by atoms with E-state index in [1.165, 1.54) is 0 Å². The second-order valence-electron chi connectivity index (χ2n) is 4.33. The molecule has 1 aromatic heterocycles. The maximum Gasteiger partial charge on any atom is 0.148 e. The number of hydrogen-bond acceptors (Lipinski definition) is 6. The second kappa shape index (κ2) is 6.92. The number of aliphatic hydroxyl groups is 1. The van der Waals surface area contributed by atoms with E-state index >= 15 is 0 Å². The first kappa shape index (κ1) is 13.6. The molecule has 1 fully saturated rings. The van der Waals surface area contributed by atoms with Crippen LogP contribution in [0.5, 0.6) is 0 Å². The number of thioether (sulfide) groups is 1. The Balaban J connectivity index is 1.88. The second-order valence-corrected chi connectivity index (χ2v) is 5.15. The Labute approximate surface area is 112 Å². The summed E-state index contributed by atoms with van der Waals surface area (Å²) in [5.41, 5.74) is 0. The Morgan fingerprint density at radius 1 is 1.28 bits per heavy atom. The SMILES string of the molecule is CSc1cncc(N2CCN(CCCO)CC2)n1. The summed E-state index contributed by atoms with van der Waals surface area (Å²) in [6.45, 7) is 5.30. The summed E-state index contributed by atoms with van der Waals surface area (Å²) in [4.78, 5) is 13.5. The average molecular weight is 268 g/mol. The van der Waals surface area contributed by atoms with Crippen LogP contribution in [0.3, 0.4) is 0 Å². The monoisotopic (exact) mass is 268 g/mol. The quantitative estimate of drug-likeness (QED) is 0.794. The van der Waals surface area contributed by atoms with Crippen LogP contribution >= 0.6 is 11.8 Å². The molecule has 0 unspecified atom stereocenters. The average Bonchev–Trinajstić information content (AvgIpc) is 2.46. The molecule has 1 saturated heterocycles. The van der Waals surface area contributed by atoms with Crippen LogP contribution in [0.4, 0.5) is 5.82 Å². The molecule has 5 nitrogen and oxygen atoms in total. The van der Waals surface area contributed by atoms with Crippen molar-refractivity contribution in [2.75, 3.05) is 50.5 Å². The molecule has 1 N–H and O–H groups in total. The van der Waals surface area contributed by atoms with Crippen LogP contribution in [0, 0.1) is 0 Å². The van der Waals surface area contributed by atoms with Gasteiger partial charge in [0.25, 0.3) is 0 Å². The first-order chi connectivity index (χ1) is 8.83. The van der Waals surface area contributed by atoms with Crippen molar-refractivity contribution in [1.82, 2.24) is 14.9 Å².